The van der Waals surface area contributed by atoms with Crippen molar-refractivity contribution < 1.29 is 14.6 Å². The summed E-state index contributed by atoms with van der Waals surface area (Å²) in [6.45, 7) is 4.47. The molecule has 0 aliphatic carbocycles. The maximum Gasteiger partial charge on any atom is 0.248 e. The van der Waals surface area contributed by atoms with Crippen LogP contribution in [0, 0.1) is 0 Å². The van der Waals surface area contributed by atoms with Crippen LogP contribution < -0.4 is 20.3 Å². The van der Waals surface area contributed by atoms with Crippen molar-refractivity contribution in [3.05, 3.63) is 65.9 Å². The summed E-state index contributed by atoms with van der Waals surface area (Å²) in [5, 5.41) is 9.21. The zero-order chi connectivity index (χ0) is 25.5. The number of aromatic nitrogens is 2. The molecule has 3 N–H and O–H groups in total. The zero-order valence-electron chi connectivity index (χ0n) is 20.6. The molecule has 0 saturated carbocycles. The summed E-state index contributed by atoms with van der Waals surface area (Å²) < 4.78 is 6.25. The normalized spacial score (nSPS) is 14.0. The standard InChI is InChI=1S/C26H32N6O3S/c1-30(2)21-5-3-4-19(16-21)18-35-25-23(36-22-8-6-20(7-9-22)24(27)34)17-28-26(29-25)32-12-10-31(11-13-32)14-15-33/h3-9,16-17,33H,10-15,18H2,1-2H3,(H2,27,34). The fourth-order valence-corrected chi connectivity index (χ4v) is 4.70. The van der Waals surface area contributed by atoms with E-state index in [1.807, 2.05) is 38.4 Å². The minimum atomic E-state index is -0.456. The molecule has 2 aromatic carbocycles. The van der Waals surface area contributed by atoms with Gasteiger partial charge in [0.2, 0.25) is 17.7 Å². The number of ether oxygens (including phenoxy) is 1. The van der Waals surface area contributed by atoms with Crippen LogP contribution in [0.3, 0.4) is 0 Å². The van der Waals surface area contributed by atoms with Gasteiger partial charge in [0, 0.05) is 63.0 Å². The largest absolute Gasteiger partial charge is 0.472 e. The Kier molecular flexibility index (Phi) is 8.63. The van der Waals surface area contributed by atoms with Crippen LogP contribution in [0.1, 0.15) is 15.9 Å². The molecule has 1 amide bonds. The third-order valence-electron chi connectivity index (χ3n) is 5.95. The number of primary amides is 1. The van der Waals surface area contributed by atoms with Crippen LogP contribution in [0.5, 0.6) is 5.88 Å². The first-order valence-corrected chi connectivity index (χ1v) is 12.7. The van der Waals surface area contributed by atoms with Gasteiger partial charge in [-0.05, 0) is 42.0 Å². The number of nitrogens with zero attached hydrogens (tertiary/aromatic N) is 5. The number of rotatable bonds is 10. The lowest BCUT2D eigenvalue weighted by atomic mass is 10.2. The Morgan fingerprint density at radius 3 is 2.56 bits per heavy atom. The number of amides is 1. The fourth-order valence-electron chi connectivity index (χ4n) is 3.88. The Bertz CT molecular complexity index is 1170. The average molecular weight is 509 g/mol. The molecule has 1 saturated heterocycles. The number of anilines is 2. The van der Waals surface area contributed by atoms with E-state index < -0.39 is 5.91 Å². The molecule has 3 aromatic rings. The number of carbonyl (C=O) groups excluding carboxylic acids is 1. The molecule has 1 aliphatic rings. The second-order valence-electron chi connectivity index (χ2n) is 8.74. The van der Waals surface area contributed by atoms with E-state index >= 15 is 0 Å². The monoisotopic (exact) mass is 508 g/mol. The molecule has 1 fully saturated rings. The Hall–Kier alpha value is -3.34. The quantitative estimate of drug-likeness (QED) is 0.427. The van der Waals surface area contributed by atoms with Crippen LogP contribution in [0.2, 0.25) is 0 Å². The van der Waals surface area contributed by atoms with Crippen LogP contribution in [-0.4, -0.2) is 79.3 Å². The van der Waals surface area contributed by atoms with Crippen molar-refractivity contribution in [1.29, 1.82) is 0 Å². The Balaban J connectivity index is 1.55. The molecule has 0 atom stereocenters. The number of carbonyl (C=O) groups is 1. The highest BCUT2D eigenvalue weighted by Gasteiger charge is 2.21. The number of hydrogen-bond donors (Lipinski definition) is 2. The van der Waals surface area contributed by atoms with Crippen LogP contribution in [0.25, 0.3) is 0 Å². The summed E-state index contributed by atoms with van der Waals surface area (Å²) in [6, 6.07) is 15.3. The van der Waals surface area contributed by atoms with Crippen LogP contribution >= 0.6 is 11.8 Å². The first kappa shape index (κ1) is 25.7. The summed E-state index contributed by atoms with van der Waals surface area (Å²) >= 11 is 1.48. The maximum atomic E-state index is 11.4. The topological polar surface area (TPSA) is 108 Å². The molecule has 1 aromatic heterocycles. The zero-order valence-corrected chi connectivity index (χ0v) is 21.4. The maximum absolute atomic E-state index is 11.4. The molecule has 0 spiro atoms. The summed E-state index contributed by atoms with van der Waals surface area (Å²) in [5.74, 6) is 0.684. The third kappa shape index (κ3) is 6.66. The van der Waals surface area contributed by atoms with Gasteiger partial charge in [0.1, 0.15) is 6.61 Å². The van der Waals surface area contributed by atoms with Gasteiger partial charge in [-0.2, -0.15) is 4.98 Å². The van der Waals surface area contributed by atoms with E-state index in [4.69, 9.17) is 15.5 Å². The van der Waals surface area contributed by atoms with Gasteiger partial charge in [-0.25, -0.2) is 4.98 Å². The van der Waals surface area contributed by atoms with E-state index in [1.54, 1.807) is 18.3 Å². The first-order chi connectivity index (χ1) is 17.4. The Morgan fingerprint density at radius 1 is 1.14 bits per heavy atom. The van der Waals surface area contributed by atoms with Crippen molar-refractivity contribution >= 4 is 29.3 Å². The highest BCUT2D eigenvalue weighted by Crippen LogP contribution is 2.35. The van der Waals surface area contributed by atoms with Gasteiger partial charge in [-0.1, -0.05) is 23.9 Å². The van der Waals surface area contributed by atoms with E-state index in [2.05, 4.69) is 31.8 Å². The first-order valence-electron chi connectivity index (χ1n) is 11.8. The summed E-state index contributed by atoms with van der Waals surface area (Å²) in [5.41, 5.74) is 7.97. The molecule has 9 nitrogen and oxygen atoms in total. The van der Waals surface area contributed by atoms with Crippen LogP contribution in [-0.2, 0) is 6.61 Å². The summed E-state index contributed by atoms with van der Waals surface area (Å²) in [6.07, 6.45) is 1.79. The van der Waals surface area contributed by atoms with Gasteiger partial charge in [-0.15, -0.1) is 0 Å². The van der Waals surface area contributed by atoms with Gasteiger partial charge in [0.25, 0.3) is 0 Å². The molecule has 36 heavy (non-hydrogen) atoms. The average Bonchev–Trinajstić information content (AvgIpc) is 2.89. The number of aliphatic hydroxyl groups excluding tert-OH is 1. The Labute approximate surface area is 215 Å². The van der Waals surface area contributed by atoms with E-state index in [1.165, 1.54) is 11.8 Å². The summed E-state index contributed by atoms with van der Waals surface area (Å²) in [4.78, 5) is 29.0. The number of aliphatic hydroxyl groups is 1. The Morgan fingerprint density at radius 2 is 1.89 bits per heavy atom. The van der Waals surface area contributed by atoms with E-state index in [0.29, 0.717) is 30.5 Å². The molecule has 1 aliphatic heterocycles. The number of hydrogen-bond acceptors (Lipinski definition) is 9. The second-order valence-corrected chi connectivity index (χ2v) is 9.85. The second kappa shape index (κ2) is 12.1. The summed E-state index contributed by atoms with van der Waals surface area (Å²) in [7, 11) is 4.02. The minimum absolute atomic E-state index is 0.163. The highest BCUT2D eigenvalue weighted by molar-refractivity contribution is 7.99. The van der Waals surface area contributed by atoms with Crippen molar-refractivity contribution in [2.45, 2.75) is 16.4 Å². The fraction of sp³-hybridized carbons (Fsp3) is 0.346. The molecule has 0 bridgehead atoms. The third-order valence-corrected chi connectivity index (χ3v) is 6.96. The molecule has 2 heterocycles. The lowest BCUT2D eigenvalue weighted by Gasteiger charge is -2.34. The molecule has 4 rings (SSSR count). The van der Waals surface area contributed by atoms with Crippen molar-refractivity contribution in [2.24, 2.45) is 5.73 Å². The van der Waals surface area contributed by atoms with Gasteiger partial charge in [0.05, 0.1) is 17.7 Å². The van der Waals surface area contributed by atoms with Crippen LogP contribution in [0.4, 0.5) is 11.6 Å². The number of piperazine rings is 1. The van der Waals surface area contributed by atoms with Gasteiger partial charge in [0.15, 0.2) is 0 Å². The van der Waals surface area contributed by atoms with Crippen molar-refractivity contribution in [1.82, 2.24) is 14.9 Å². The number of nitrogens with two attached hydrogens (primary N) is 1. The smallest absolute Gasteiger partial charge is 0.248 e. The van der Waals surface area contributed by atoms with Crippen molar-refractivity contribution in [2.75, 3.05) is 63.2 Å². The van der Waals surface area contributed by atoms with Gasteiger partial charge in [-0.3, -0.25) is 9.69 Å². The van der Waals surface area contributed by atoms with E-state index in [-0.39, 0.29) is 6.61 Å². The molecule has 0 radical (unpaired) electrons. The van der Waals surface area contributed by atoms with E-state index in [9.17, 15) is 9.90 Å². The lowest BCUT2D eigenvalue weighted by Crippen LogP contribution is -2.47. The molecular formula is C26H32N6O3S. The number of benzene rings is 2. The van der Waals surface area contributed by atoms with E-state index in [0.717, 1.165) is 47.2 Å². The van der Waals surface area contributed by atoms with Crippen molar-refractivity contribution in [3.8, 4) is 5.88 Å². The molecular weight excluding hydrogens is 476 g/mol. The highest BCUT2D eigenvalue weighted by atomic mass is 32.2. The number of β-amino-alcohol motifs (C(OH)–C–C–N with tert-alkyl or cyclic N) is 1. The lowest BCUT2D eigenvalue weighted by molar-refractivity contribution is 0.1000. The van der Waals surface area contributed by atoms with Gasteiger partial charge >= 0.3 is 0 Å². The molecule has 0 unspecified atom stereocenters. The SMILES string of the molecule is CN(C)c1cccc(COc2nc(N3CCN(CCO)CC3)ncc2Sc2ccc(C(N)=O)cc2)c1. The predicted molar refractivity (Wildman–Crippen MR) is 142 cm³/mol. The molecule has 190 valence electrons. The van der Waals surface area contributed by atoms with Gasteiger partial charge < -0.3 is 25.4 Å². The molecule has 10 heteroatoms. The minimum Gasteiger partial charge on any atom is -0.472 e. The predicted octanol–water partition coefficient (Wildman–Crippen LogP) is 2.49. The van der Waals surface area contributed by atoms with Crippen LogP contribution in [0.15, 0.2) is 64.5 Å². The van der Waals surface area contributed by atoms with Crippen molar-refractivity contribution in [3.63, 3.8) is 0 Å².